The minimum atomic E-state index is -0.404. The summed E-state index contributed by atoms with van der Waals surface area (Å²) in [5.41, 5.74) is 1.10. The second-order valence-corrected chi connectivity index (χ2v) is 3.71. The summed E-state index contributed by atoms with van der Waals surface area (Å²) in [6.07, 6.45) is -0.214. The molecule has 1 rings (SSSR count). The quantitative estimate of drug-likeness (QED) is 0.899. The molecule has 0 unspecified atom stereocenters. The number of anilines is 1. The van der Waals surface area contributed by atoms with Gasteiger partial charge >= 0.3 is 0 Å². The Morgan fingerprint density at radius 3 is 2.93 bits per heavy atom. The van der Waals surface area contributed by atoms with Gasteiger partial charge in [0.25, 0.3) is 0 Å². The number of amides is 1. The highest BCUT2D eigenvalue weighted by molar-refractivity contribution is 9.10. The molecule has 0 atom stereocenters. The van der Waals surface area contributed by atoms with Gasteiger partial charge in [0.05, 0.1) is 10.5 Å². The predicted octanol–water partition coefficient (Wildman–Crippen LogP) is 2.75. The third-order valence-corrected chi connectivity index (χ3v) is 2.83. The molecule has 0 aromatic heterocycles. The lowest BCUT2D eigenvalue weighted by Crippen LogP contribution is -2.11. The molecular formula is C10H8BrFN2O. The van der Waals surface area contributed by atoms with Crippen molar-refractivity contribution in [3.63, 3.8) is 0 Å². The second kappa shape index (κ2) is 4.89. The zero-order valence-corrected chi connectivity index (χ0v) is 9.56. The summed E-state index contributed by atoms with van der Waals surface area (Å²) >= 11 is 3.07. The summed E-state index contributed by atoms with van der Waals surface area (Å²) in [6, 6.07) is 4.45. The number of rotatable bonds is 2. The molecule has 15 heavy (non-hydrogen) atoms. The van der Waals surface area contributed by atoms with E-state index in [1.54, 1.807) is 13.0 Å². The van der Waals surface area contributed by atoms with Crippen LogP contribution in [0.15, 0.2) is 16.6 Å². The van der Waals surface area contributed by atoms with Crippen LogP contribution in [0.3, 0.4) is 0 Å². The molecule has 0 spiro atoms. The minimum absolute atomic E-state index is 0.214. The number of carbonyl (C=O) groups is 1. The average molecular weight is 271 g/mol. The van der Waals surface area contributed by atoms with E-state index < -0.39 is 5.91 Å². The summed E-state index contributed by atoms with van der Waals surface area (Å²) in [7, 11) is 0. The van der Waals surface area contributed by atoms with Crippen LogP contribution in [0.25, 0.3) is 0 Å². The van der Waals surface area contributed by atoms with Crippen LogP contribution >= 0.6 is 15.9 Å². The van der Waals surface area contributed by atoms with Crippen molar-refractivity contribution in [3.05, 3.63) is 28.0 Å². The third-order valence-electron chi connectivity index (χ3n) is 1.85. The maximum atomic E-state index is 13.0. The Labute approximate surface area is 95.0 Å². The number of nitriles is 1. The van der Waals surface area contributed by atoms with Crippen LogP contribution in [-0.2, 0) is 4.79 Å². The molecular weight excluding hydrogens is 263 g/mol. The normalized spacial score (nSPS) is 9.47. The number of halogens is 2. The van der Waals surface area contributed by atoms with Crippen molar-refractivity contribution < 1.29 is 9.18 Å². The van der Waals surface area contributed by atoms with E-state index in [0.29, 0.717) is 15.7 Å². The van der Waals surface area contributed by atoms with E-state index in [9.17, 15) is 9.18 Å². The highest BCUT2D eigenvalue weighted by Crippen LogP contribution is 2.26. The largest absolute Gasteiger partial charge is 0.325 e. The molecule has 1 aromatic rings. The van der Waals surface area contributed by atoms with Gasteiger partial charge in [0.15, 0.2) is 0 Å². The van der Waals surface area contributed by atoms with Crippen LogP contribution < -0.4 is 5.32 Å². The van der Waals surface area contributed by atoms with Crippen LogP contribution in [0.2, 0.25) is 0 Å². The van der Waals surface area contributed by atoms with E-state index in [4.69, 9.17) is 5.26 Å². The van der Waals surface area contributed by atoms with Gasteiger partial charge in [-0.25, -0.2) is 4.39 Å². The molecule has 0 saturated heterocycles. The zero-order valence-electron chi connectivity index (χ0n) is 7.97. The first-order valence-corrected chi connectivity index (χ1v) is 4.97. The zero-order chi connectivity index (χ0) is 11.4. The smallest absolute Gasteiger partial charge is 0.238 e. The summed E-state index contributed by atoms with van der Waals surface area (Å²) in [4.78, 5) is 11.1. The van der Waals surface area contributed by atoms with Crippen molar-refractivity contribution >= 4 is 27.5 Å². The van der Waals surface area contributed by atoms with Crippen LogP contribution in [0, 0.1) is 24.1 Å². The van der Waals surface area contributed by atoms with Gasteiger partial charge in [-0.2, -0.15) is 5.26 Å². The first-order chi connectivity index (χ1) is 7.06. The molecule has 1 amide bonds. The number of nitrogens with one attached hydrogen (secondary N) is 1. The summed E-state index contributed by atoms with van der Waals surface area (Å²) in [5.74, 6) is -0.787. The molecule has 0 fully saturated rings. The SMILES string of the molecule is Cc1c(NC(=O)CC#N)ccc(F)c1Br. The fourth-order valence-corrected chi connectivity index (χ4v) is 1.40. The number of hydrogen-bond acceptors (Lipinski definition) is 2. The van der Waals surface area contributed by atoms with Crippen LogP contribution in [0.4, 0.5) is 10.1 Å². The Hall–Kier alpha value is -1.41. The molecule has 0 heterocycles. The first kappa shape index (κ1) is 11.7. The lowest BCUT2D eigenvalue weighted by molar-refractivity contribution is -0.115. The van der Waals surface area contributed by atoms with Crippen molar-refractivity contribution in [2.24, 2.45) is 0 Å². The predicted molar refractivity (Wildman–Crippen MR) is 57.7 cm³/mol. The van der Waals surface area contributed by atoms with Crippen molar-refractivity contribution in [2.45, 2.75) is 13.3 Å². The van der Waals surface area contributed by atoms with Crippen LogP contribution in [0.1, 0.15) is 12.0 Å². The fourth-order valence-electron chi connectivity index (χ4n) is 1.05. The van der Waals surface area contributed by atoms with E-state index in [2.05, 4.69) is 21.2 Å². The minimum Gasteiger partial charge on any atom is -0.325 e. The van der Waals surface area contributed by atoms with Crippen molar-refractivity contribution in [2.75, 3.05) is 5.32 Å². The van der Waals surface area contributed by atoms with E-state index in [1.165, 1.54) is 12.1 Å². The van der Waals surface area contributed by atoms with E-state index in [0.717, 1.165) is 0 Å². The molecule has 0 aliphatic heterocycles. The first-order valence-electron chi connectivity index (χ1n) is 4.17. The average Bonchev–Trinajstić information content (AvgIpc) is 2.20. The number of nitrogens with zero attached hydrogens (tertiary/aromatic N) is 1. The number of hydrogen-bond donors (Lipinski definition) is 1. The monoisotopic (exact) mass is 270 g/mol. The van der Waals surface area contributed by atoms with Gasteiger partial charge < -0.3 is 5.32 Å². The molecule has 1 N–H and O–H groups in total. The highest BCUT2D eigenvalue weighted by Gasteiger charge is 2.09. The molecule has 0 radical (unpaired) electrons. The van der Waals surface area contributed by atoms with Gasteiger partial charge in [-0.1, -0.05) is 0 Å². The van der Waals surface area contributed by atoms with Gasteiger partial charge in [-0.15, -0.1) is 0 Å². The molecule has 0 aliphatic rings. The standard InChI is InChI=1S/C10H8BrFN2O/c1-6-8(14-9(15)4-5-13)3-2-7(12)10(6)11/h2-3H,4H2,1H3,(H,14,15). The Balaban J connectivity index is 2.93. The summed E-state index contributed by atoms with van der Waals surface area (Å²) < 4.78 is 13.4. The lowest BCUT2D eigenvalue weighted by atomic mass is 10.2. The Morgan fingerprint density at radius 2 is 2.33 bits per heavy atom. The fraction of sp³-hybridized carbons (Fsp3) is 0.200. The molecule has 5 heteroatoms. The molecule has 3 nitrogen and oxygen atoms in total. The molecule has 78 valence electrons. The topological polar surface area (TPSA) is 52.9 Å². The molecule has 0 aliphatic carbocycles. The third kappa shape index (κ3) is 2.77. The van der Waals surface area contributed by atoms with Crippen LogP contribution in [-0.4, -0.2) is 5.91 Å². The summed E-state index contributed by atoms with van der Waals surface area (Å²) in [5, 5.41) is 10.8. The van der Waals surface area contributed by atoms with Crippen molar-refractivity contribution in [3.8, 4) is 6.07 Å². The van der Waals surface area contributed by atoms with E-state index in [-0.39, 0.29) is 12.2 Å². The van der Waals surface area contributed by atoms with E-state index >= 15 is 0 Å². The Kier molecular flexibility index (Phi) is 3.81. The second-order valence-electron chi connectivity index (χ2n) is 2.92. The van der Waals surface area contributed by atoms with Gasteiger partial charge in [-0.05, 0) is 40.5 Å². The molecule has 0 saturated carbocycles. The van der Waals surface area contributed by atoms with Gasteiger partial charge in [0.1, 0.15) is 12.2 Å². The molecule has 0 bridgehead atoms. The number of benzene rings is 1. The number of carbonyl (C=O) groups excluding carboxylic acids is 1. The van der Waals surface area contributed by atoms with Gasteiger partial charge in [0, 0.05) is 5.69 Å². The van der Waals surface area contributed by atoms with Gasteiger partial charge in [-0.3, -0.25) is 4.79 Å². The van der Waals surface area contributed by atoms with Crippen LogP contribution in [0.5, 0.6) is 0 Å². The summed E-state index contributed by atoms with van der Waals surface area (Å²) in [6.45, 7) is 1.68. The van der Waals surface area contributed by atoms with Crippen molar-refractivity contribution in [1.82, 2.24) is 0 Å². The highest BCUT2D eigenvalue weighted by atomic mass is 79.9. The lowest BCUT2D eigenvalue weighted by Gasteiger charge is -2.08. The Morgan fingerprint density at radius 1 is 1.67 bits per heavy atom. The maximum absolute atomic E-state index is 13.0. The van der Waals surface area contributed by atoms with Gasteiger partial charge in [0.2, 0.25) is 5.91 Å². The van der Waals surface area contributed by atoms with Crippen molar-refractivity contribution in [1.29, 1.82) is 5.26 Å². The molecule has 1 aromatic carbocycles. The maximum Gasteiger partial charge on any atom is 0.238 e. The van der Waals surface area contributed by atoms with E-state index in [1.807, 2.05) is 0 Å². The Bertz CT molecular complexity index is 440.